The number of thioether (sulfide) groups is 1. The molecule has 0 saturated heterocycles. The van der Waals surface area contributed by atoms with E-state index in [1.54, 1.807) is 6.07 Å². The number of nitrogens with zero attached hydrogens (tertiary/aromatic N) is 1. The second-order valence-corrected chi connectivity index (χ2v) is 4.72. The van der Waals surface area contributed by atoms with Gasteiger partial charge in [-0.3, -0.25) is 0 Å². The number of rotatable bonds is 8. The molecule has 4 heteroatoms. The Balaban J connectivity index is 2.16. The summed E-state index contributed by atoms with van der Waals surface area (Å²) in [4.78, 5) is 0. The van der Waals surface area contributed by atoms with Gasteiger partial charge in [0.15, 0.2) is 0 Å². The molecule has 3 nitrogen and oxygen atoms in total. The number of nitriles is 1. The maximum Gasteiger partial charge on any atom is 0.137 e. The highest BCUT2D eigenvalue weighted by atomic mass is 32.2. The Labute approximate surface area is 106 Å². The first-order valence-corrected chi connectivity index (χ1v) is 6.84. The Kier molecular flexibility index (Phi) is 7.28. The summed E-state index contributed by atoms with van der Waals surface area (Å²) in [5, 5.41) is 17.5. The molecule has 0 heterocycles. The van der Waals surface area contributed by atoms with Gasteiger partial charge in [-0.1, -0.05) is 12.1 Å². The Hall–Kier alpha value is -1.18. The number of benzene rings is 1. The third-order valence-corrected chi connectivity index (χ3v) is 3.30. The Bertz CT molecular complexity index is 363. The van der Waals surface area contributed by atoms with E-state index in [-0.39, 0.29) is 6.61 Å². The lowest BCUT2D eigenvalue weighted by Gasteiger charge is -2.07. The van der Waals surface area contributed by atoms with Crippen LogP contribution in [0.5, 0.6) is 5.75 Å². The monoisotopic (exact) mass is 251 g/mol. The van der Waals surface area contributed by atoms with Crippen LogP contribution in [-0.2, 0) is 0 Å². The lowest BCUT2D eigenvalue weighted by atomic mass is 10.2. The molecule has 0 spiro atoms. The van der Waals surface area contributed by atoms with Crippen LogP contribution in [0.25, 0.3) is 0 Å². The molecule has 0 aliphatic carbocycles. The molecule has 0 fully saturated rings. The van der Waals surface area contributed by atoms with Crippen LogP contribution in [0.3, 0.4) is 0 Å². The van der Waals surface area contributed by atoms with Crippen molar-refractivity contribution in [3.63, 3.8) is 0 Å². The fourth-order valence-corrected chi connectivity index (χ4v) is 2.16. The first-order valence-electron chi connectivity index (χ1n) is 5.69. The summed E-state index contributed by atoms with van der Waals surface area (Å²) in [6, 6.07) is 9.38. The van der Waals surface area contributed by atoms with Gasteiger partial charge in [0.2, 0.25) is 0 Å². The number of para-hydroxylation sites is 1. The van der Waals surface area contributed by atoms with Gasteiger partial charge in [0.05, 0.1) is 12.2 Å². The third-order valence-electron chi connectivity index (χ3n) is 2.14. The van der Waals surface area contributed by atoms with E-state index in [9.17, 15) is 0 Å². The van der Waals surface area contributed by atoms with Gasteiger partial charge in [0.1, 0.15) is 11.8 Å². The summed E-state index contributed by atoms with van der Waals surface area (Å²) >= 11 is 1.82. The molecule has 0 unspecified atom stereocenters. The zero-order valence-corrected chi connectivity index (χ0v) is 10.6. The molecule has 0 aromatic heterocycles. The lowest BCUT2D eigenvalue weighted by molar-refractivity contribution is 0.296. The van der Waals surface area contributed by atoms with Crippen LogP contribution in [0, 0.1) is 11.3 Å². The molecule has 1 aromatic carbocycles. The van der Waals surface area contributed by atoms with Crippen LogP contribution in [0.4, 0.5) is 0 Å². The lowest BCUT2D eigenvalue weighted by Crippen LogP contribution is -2.00. The predicted octanol–water partition coefficient (Wildman–Crippen LogP) is 2.44. The highest BCUT2D eigenvalue weighted by Gasteiger charge is 2.00. The van der Waals surface area contributed by atoms with E-state index in [0.717, 1.165) is 24.3 Å². The maximum atomic E-state index is 8.86. The summed E-state index contributed by atoms with van der Waals surface area (Å²) in [7, 11) is 0. The molecule has 92 valence electrons. The fourth-order valence-electron chi connectivity index (χ4n) is 1.30. The highest BCUT2D eigenvalue weighted by molar-refractivity contribution is 7.99. The molecule has 0 aliphatic heterocycles. The molecule has 1 rings (SSSR count). The van der Waals surface area contributed by atoms with Gasteiger partial charge in [-0.25, -0.2) is 0 Å². The van der Waals surface area contributed by atoms with E-state index in [0.29, 0.717) is 17.9 Å². The summed E-state index contributed by atoms with van der Waals surface area (Å²) in [6.45, 7) is 0.893. The van der Waals surface area contributed by atoms with Crippen molar-refractivity contribution in [2.75, 3.05) is 24.7 Å². The van der Waals surface area contributed by atoms with Crippen molar-refractivity contribution in [2.45, 2.75) is 12.8 Å². The zero-order valence-electron chi connectivity index (χ0n) is 9.76. The Morgan fingerprint density at radius 1 is 1.24 bits per heavy atom. The summed E-state index contributed by atoms with van der Waals surface area (Å²) < 4.78 is 5.55. The SMILES string of the molecule is N#Cc1ccccc1OCCCSCCCO. The predicted molar refractivity (Wildman–Crippen MR) is 70.3 cm³/mol. The second-order valence-electron chi connectivity index (χ2n) is 3.50. The minimum Gasteiger partial charge on any atom is -0.492 e. The van der Waals surface area contributed by atoms with E-state index in [4.69, 9.17) is 15.1 Å². The quantitative estimate of drug-likeness (QED) is 0.721. The maximum absolute atomic E-state index is 8.86. The van der Waals surface area contributed by atoms with Crippen LogP contribution >= 0.6 is 11.8 Å². The smallest absolute Gasteiger partial charge is 0.137 e. The van der Waals surface area contributed by atoms with Crippen molar-refractivity contribution in [3.05, 3.63) is 29.8 Å². The molecule has 0 radical (unpaired) electrons. The normalized spacial score (nSPS) is 9.88. The van der Waals surface area contributed by atoms with Gasteiger partial charge in [-0.2, -0.15) is 17.0 Å². The summed E-state index contributed by atoms with van der Waals surface area (Å²) in [5.74, 6) is 2.68. The number of hydrogen-bond donors (Lipinski definition) is 1. The third kappa shape index (κ3) is 5.62. The average molecular weight is 251 g/mol. The molecular formula is C13H17NO2S. The second kappa shape index (κ2) is 8.91. The van der Waals surface area contributed by atoms with E-state index >= 15 is 0 Å². The van der Waals surface area contributed by atoms with Gasteiger partial charge in [-0.05, 0) is 36.5 Å². The van der Waals surface area contributed by atoms with Crippen LogP contribution in [-0.4, -0.2) is 29.8 Å². The Morgan fingerprint density at radius 2 is 2.00 bits per heavy atom. The van der Waals surface area contributed by atoms with E-state index in [1.807, 2.05) is 30.0 Å². The van der Waals surface area contributed by atoms with Crippen LogP contribution in [0.15, 0.2) is 24.3 Å². The molecule has 0 bridgehead atoms. The number of aliphatic hydroxyl groups excluding tert-OH is 1. The molecule has 1 aromatic rings. The molecule has 1 N–H and O–H groups in total. The molecule has 0 amide bonds. The van der Waals surface area contributed by atoms with E-state index in [2.05, 4.69) is 6.07 Å². The minimum atomic E-state index is 0.263. The van der Waals surface area contributed by atoms with Gasteiger partial charge in [0.25, 0.3) is 0 Å². The first kappa shape index (κ1) is 13.9. The molecule has 0 aliphatic rings. The van der Waals surface area contributed by atoms with Crippen molar-refractivity contribution >= 4 is 11.8 Å². The topological polar surface area (TPSA) is 53.2 Å². The van der Waals surface area contributed by atoms with Gasteiger partial charge >= 0.3 is 0 Å². The van der Waals surface area contributed by atoms with Crippen LogP contribution in [0.1, 0.15) is 18.4 Å². The van der Waals surface area contributed by atoms with Gasteiger partial charge < -0.3 is 9.84 Å². The zero-order chi connectivity index (χ0) is 12.3. The average Bonchev–Trinajstić information content (AvgIpc) is 2.38. The van der Waals surface area contributed by atoms with Crippen molar-refractivity contribution in [1.82, 2.24) is 0 Å². The number of aliphatic hydroxyl groups is 1. The highest BCUT2D eigenvalue weighted by Crippen LogP contribution is 2.16. The molecule has 0 saturated carbocycles. The first-order chi connectivity index (χ1) is 8.38. The molecule has 17 heavy (non-hydrogen) atoms. The minimum absolute atomic E-state index is 0.263. The van der Waals surface area contributed by atoms with Gasteiger partial charge in [-0.15, -0.1) is 0 Å². The summed E-state index contributed by atoms with van der Waals surface area (Å²) in [5.41, 5.74) is 0.584. The number of hydrogen-bond acceptors (Lipinski definition) is 4. The van der Waals surface area contributed by atoms with Crippen molar-refractivity contribution in [1.29, 1.82) is 5.26 Å². The number of ether oxygens (including phenoxy) is 1. The molecular weight excluding hydrogens is 234 g/mol. The van der Waals surface area contributed by atoms with Crippen molar-refractivity contribution in [2.24, 2.45) is 0 Å². The van der Waals surface area contributed by atoms with E-state index in [1.165, 1.54) is 0 Å². The fraction of sp³-hybridized carbons (Fsp3) is 0.462. The van der Waals surface area contributed by atoms with Crippen molar-refractivity contribution < 1.29 is 9.84 Å². The standard InChI is InChI=1S/C13H17NO2S/c14-11-12-5-1-2-6-13(12)16-8-4-10-17-9-3-7-15/h1-2,5-6,15H,3-4,7-10H2. The Morgan fingerprint density at radius 3 is 2.76 bits per heavy atom. The van der Waals surface area contributed by atoms with Crippen LogP contribution < -0.4 is 4.74 Å². The van der Waals surface area contributed by atoms with Gasteiger partial charge in [0, 0.05) is 6.61 Å². The van der Waals surface area contributed by atoms with Crippen LogP contribution in [0.2, 0.25) is 0 Å². The van der Waals surface area contributed by atoms with E-state index < -0.39 is 0 Å². The largest absolute Gasteiger partial charge is 0.492 e. The molecule has 0 atom stereocenters. The van der Waals surface area contributed by atoms with Crippen molar-refractivity contribution in [3.8, 4) is 11.8 Å². The summed E-state index contributed by atoms with van der Waals surface area (Å²) in [6.07, 6.45) is 1.80.